The Hall–Kier alpha value is -2.29. The number of aryl methyl sites for hydroxylation is 3. The number of benzene rings is 1. The molecule has 0 aliphatic carbocycles. The van der Waals surface area contributed by atoms with Gasteiger partial charge >= 0.3 is 11.8 Å². The minimum atomic E-state index is -0.606. The predicted molar refractivity (Wildman–Crippen MR) is 118 cm³/mol. The van der Waals surface area contributed by atoms with Crippen LogP contribution in [0.1, 0.15) is 32.7 Å². The molecule has 0 spiro atoms. The third-order valence-corrected chi connectivity index (χ3v) is 6.31. The number of carbonyl (C=O) groups excluding carboxylic acids is 2. The predicted octanol–water partition coefficient (Wildman–Crippen LogP) is 1.92. The Bertz CT molecular complexity index is 860. The lowest BCUT2D eigenvalue weighted by Gasteiger charge is -2.31. The molecule has 2 amide bonds. The second-order valence-corrected chi connectivity index (χ2v) is 8.88. The van der Waals surface area contributed by atoms with Crippen LogP contribution >= 0.6 is 11.3 Å². The SMILES string of the molecule is Cc1ccc(C(CN2CCOCC2)NC(=O)C(=O)NCCc2sc(C)nc2C)cc1. The summed E-state index contributed by atoms with van der Waals surface area (Å²) >= 11 is 1.62. The Balaban J connectivity index is 1.57. The molecular weight excluding hydrogens is 400 g/mol. The highest BCUT2D eigenvalue weighted by atomic mass is 32.1. The first kappa shape index (κ1) is 22.4. The lowest BCUT2D eigenvalue weighted by molar-refractivity contribution is -0.139. The van der Waals surface area contributed by atoms with Gasteiger partial charge in [-0.15, -0.1) is 11.3 Å². The number of nitrogens with one attached hydrogen (secondary N) is 2. The Morgan fingerprint density at radius 3 is 2.47 bits per heavy atom. The van der Waals surface area contributed by atoms with Crippen LogP contribution in [0.4, 0.5) is 0 Å². The Labute approximate surface area is 181 Å². The number of nitrogens with zero attached hydrogens (tertiary/aromatic N) is 2. The van der Waals surface area contributed by atoms with Crippen molar-refractivity contribution in [2.45, 2.75) is 33.2 Å². The van der Waals surface area contributed by atoms with Crippen LogP contribution in [-0.4, -0.2) is 61.1 Å². The molecule has 1 aromatic carbocycles. The van der Waals surface area contributed by atoms with Crippen LogP contribution < -0.4 is 10.6 Å². The van der Waals surface area contributed by atoms with E-state index in [1.54, 1.807) is 11.3 Å². The third kappa shape index (κ3) is 6.35. The van der Waals surface area contributed by atoms with E-state index in [2.05, 4.69) is 20.5 Å². The number of carbonyl (C=O) groups is 2. The zero-order chi connectivity index (χ0) is 21.5. The topological polar surface area (TPSA) is 83.6 Å². The lowest BCUT2D eigenvalue weighted by atomic mass is 10.0. The number of hydrogen-bond donors (Lipinski definition) is 2. The van der Waals surface area contributed by atoms with Crippen LogP contribution in [0, 0.1) is 20.8 Å². The third-order valence-electron chi connectivity index (χ3n) is 5.17. The fraction of sp³-hybridized carbons (Fsp3) is 0.500. The summed E-state index contributed by atoms with van der Waals surface area (Å²) < 4.78 is 5.42. The van der Waals surface area contributed by atoms with Gasteiger partial charge < -0.3 is 15.4 Å². The zero-order valence-electron chi connectivity index (χ0n) is 17.9. The molecule has 0 bridgehead atoms. The first-order chi connectivity index (χ1) is 14.4. The maximum absolute atomic E-state index is 12.6. The molecule has 1 aliphatic heterocycles. The zero-order valence-corrected chi connectivity index (χ0v) is 18.7. The van der Waals surface area contributed by atoms with Gasteiger partial charge in [0, 0.05) is 37.5 Å². The van der Waals surface area contributed by atoms with Crippen molar-refractivity contribution in [3.05, 3.63) is 51.0 Å². The number of morpholine rings is 1. The minimum absolute atomic E-state index is 0.256. The molecule has 2 N–H and O–H groups in total. The Kier molecular flexibility index (Phi) is 7.95. The summed E-state index contributed by atoms with van der Waals surface area (Å²) in [5, 5.41) is 6.66. The summed E-state index contributed by atoms with van der Waals surface area (Å²) in [4.78, 5) is 32.7. The highest BCUT2D eigenvalue weighted by Gasteiger charge is 2.23. The summed E-state index contributed by atoms with van der Waals surface area (Å²) in [7, 11) is 0. The van der Waals surface area contributed by atoms with E-state index in [9.17, 15) is 9.59 Å². The van der Waals surface area contributed by atoms with Gasteiger partial charge in [-0.1, -0.05) is 29.8 Å². The maximum atomic E-state index is 12.6. The van der Waals surface area contributed by atoms with E-state index in [0.29, 0.717) is 32.7 Å². The molecular formula is C22H30N4O3S. The normalized spacial score (nSPS) is 15.6. The van der Waals surface area contributed by atoms with Gasteiger partial charge in [0.05, 0.1) is 30.0 Å². The number of rotatable bonds is 7. The molecule has 1 aliphatic rings. The number of aromatic nitrogens is 1. The van der Waals surface area contributed by atoms with Crippen LogP contribution in [-0.2, 0) is 20.7 Å². The number of amides is 2. The summed E-state index contributed by atoms with van der Waals surface area (Å²) in [6, 6.07) is 7.80. The van der Waals surface area contributed by atoms with E-state index in [4.69, 9.17) is 4.74 Å². The quantitative estimate of drug-likeness (QED) is 0.656. The molecule has 2 heterocycles. The number of ether oxygens (including phenoxy) is 1. The van der Waals surface area contributed by atoms with Crippen molar-refractivity contribution in [1.29, 1.82) is 0 Å². The van der Waals surface area contributed by atoms with E-state index < -0.39 is 11.8 Å². The van der Waals surface area contributed by atoms with Crippen molar-refractivity contribution < 1.29 is 14.3 Å². The van der Waals surface area contributed by atoms with Crippen molar-refractivity contribution in [3.8, 4) is 0 Å². The van der Waals surface area contributed by atoms with Gasteiger partial charge in [0.2, 0.25) is 0 Å². The molecule has 8 heteroatoms. The van der Waals surface area contributed by atoms with Crippen molar-refractivity contribution in [2.24, 2.45) is 0 Å². The van der Waals surface area contributed by atoms with Crippen molar-refractivity contribution >= 4 is 23.2 Å². The molecule has 0 radical (unpaired) electrons. The lowest BCUT2D eigenvalue weighted by Crippen LogP contribution is -2.47. The monoisotopic (exact) mass is 430 g/mol. The van der Waals surface area contributed by atoms with E-state index >= 15 is 0 Å². The van der Waals surface area contributed by atoms with E-state index in [1.807, 2.05) is 45.0 Å². The van der Waals surface area contributed by atoms with Crippen molar-refractivity contribution in [3.63, 3.8) is 0 Å². The Morgan fingerprint density at radius 1 is 1.13 bits per heavy atom. The van der Waals surface area contributed by atoms with Crippen LogP contribution in [0.3, 0.4) is 0 Å². The molecule has 1 saturated heterocycles. The fourth-order valence-electron chi connectivity index (χ4n) is 3.47. The van der Waals surface area contributed by atoms with Gasteiger partial charge in [0.1, 0.15) is 0 Å². The standard InChI is InChI=1S/C22H30N4O3S/c1-15-4-6-18(7-5-15)19(14-26-10-12-29-13-11-26)25-22(28)21(27)23-9-8-20-16(2)24-17(3)30-20/h4-7,19H,8-14H2,1-3H3,(H,23,27)(H,25,28). The van der Waals surface area contributed by atoms with Crippen LogP contribution in [0.2, 0.25) is 0 Å². The van der Waals surface area contributed by atoms with Gasteiger partial charge in [0.15, 0.2) is 0 Å². The molecule has 2 aromatic rings. The molecule has 1 unspecified atom stereocenters. The summed E-state index contributed by atoms with van der Waals surface area (Å²) in [6.45, 7) is 10.0. The summed E-state index contributed by atoms with van der Waals surface area (Å²) in [5.74, 6) is -1.21. The summed E-state index contributed by atoms with van der Waals surface area (Å²) in [6.07, 6.45) is 0.672. The van der Waals surface area contributed by atoms with Gasteiger partial charge in [0.25, 0.3) is 0 Å². The molecule has 0 saturated carbocycles. The molecule has 1 fully saturated rings. The van der Waals surface area contributed by atoms with Crippen molar-refractivity contribution in [1.82, 2.24) is 20.5 Å². The molecule has 3 rings (SSSR count). The van der Waals surface area contributed by atoms with E-state index in [-0.39, 0.29) is 6.04 Å². The van der Waals surface area contributed by atoms with Gasteiger partial charge in [-0.25, -0.2) is 4.98 Å². The Morgan fingerprint density at radius 2 is 1.83 bits per heavy atom. The maximum Gasteiger partial charge on any atom is 0.309 e. The van der Waals surface area contributed by atoms with Gasteiger partial charge in [-0.3, -0.25) is 14.5 Å². The molecule has 7 nitrogen and oxygen atoms in total. The molecule has 162 valence electrons. The molecule has 1 atom stereocenters. The average molecular weight is 431 g/mol. The van der Waals surface area contributed by atoms with E-state index in [1.165, 1.54) is 0 Å². The highest BCUT2D eigenvalue weighted by molar-refractivity contribution is 7.11. The second-order valence-electron chi connectivity index (χ2n) is 7.60. The molecule has 1 aromatic heterocycles. The van der Waals surface area contributed by atoms with Crippen LogP contribution in [0.25, 0.3) is 0 Å². The first-order valence-electron chi connectivity index (χ1n) is 10.3. The highest BCUT2D eigenvalue weighted by Crippen LogP contribution is 2.18. The van der Waals surface area contributed by atoms with Gasteiger partial charge in [-0.05, 0) is 26.3 Å². The van der Waals surface area contributed by atoms with E-state index in [0.717, 1.165) is 39.8 Å². The number of thiazole rings is 1. The second kappa shape index (κ2) is 10.7. The van der Waals surface area contributed by atoms with Crippen molar-refractivity contribution in [2.75, 3.05) is 39.4 Å². The average Bonchev–Trinajstić information content (AvgIpc) is 3.05. The fourth-order valence-corrected chi connectivity index (χ4v) is 4.41. The number of hydrogen-bond acceptors (Lipinski definition) is 6. The smallest absolute Gasteiger partial charge is 0.309 e. The van der Waals surface area contributed by atoms with Crippen LogP contribution in [0.5, 0.6) is 0 Å². The molecule has 30 heavy (non-hydrogen) atoms. The first-order valence-corrected chi connectivity index (χ1v) is 11.1. The largest absolute Gasteiger partial charge is 0.379 e. The van der Waals surface area contributed by atoms with Crippen LogP contribution in [0.15, 0.2) is 24.3 Å². The van der Waals surface area contributed by atoms with Gasteiger partial charge in [-0.2, -0.15) is 0 Å². The summed E-state index contributed by atoms with van der Waals surface area (Å²) in [5.41, 5.74) is 3.13. The minimum Gasteiger partial charge on any atom is -0.379 e.